The van der Waals surface area contributed by atoms with Crippen molar-refractivity contribution in [2.45, 2.75) is 40.9 Å². The molecule has 0 radical (unpaired) electrons. The highest BCUT2D eigenvalue weighted by atomic mass is 127. The third kappa shape index (κ3) is 7.33. The first-order valence-corrected chi connectivity index (χ1v) is 9.44. The van der Waals surface area contributed by atoms with Gasteiger partial charge < -0.3 is 30.2 Å². The Morgan fingerprint density at radius 2 is 1.80 bits per heavy atom. The van der Waals surface area contributed by atoms with Crippen LogP contribution in [-0.2, 0) is 11.3 Å². The maximum Gasteiger partial charge on any atom is 0.387 e. The summed E-state index contributed by atoms with van der Waals surface area (Å²) < 4.78 is 40.7. The maximum atomic E-state index is 12.8. The van der Waals surface area contributed by atoms with Gasteiger partial charge in [0, 0.05) is 31.3 Å². The van der Waals surface area contributed by atoms with E-state index in [-0.39, 0.29) is 49.0 Å². The monoisotopic (exact) mass is 542 g/mol. The van der Waals surface area contributed by atoms with Crippen LogP contribution in [-0.4, -0.2) is 44.9 Å². The van der Waals surface area contributed by atoms with Crippen LogP contribution in [0, 0.1) is 5.41 Å². The van der Waals surface area contributed by atoms with Gasteiger partial charge in [-0.25, -0.2) is 4.99 Å². The zero-order chi connectivity index (χ0) is 21.4. The topological polar surface area (TPSA) is 93.2 Å². The van der Waals surface area contributed by atoms with Gasteiger partial charge in [0.25, 0.3) is 0 Å². The van der Waals surface area contributed by atoms with Crippen LogP contribution in [0.3, 0.4) is 0 Å². The summed E-state index contributed by atoms with van der Waals surface area (Å²) in [5.41, 5.74) is -0.232. The molecule has 0 spiro atoms. The quantitative estimate of drug-likeness (QED) is 0.253. The van der Waals surface area contributed by atoms with Gasteiger partial charge in [-0.3, -0.25) is 4.79 Å². The third-order valence-corrected chi connectivity index (χ3v) is 4.17. The Balaban J connectivity index is 0.00000450. The Bertz CT molecular complexity index is 747. The van der Waals surface area contributed by atoms with Gasteiger partial charge in [-0.05, 0) is 33.8 Å². The van der Waals surface area contributed by atoms with E-state index in [4.69, 9.17) is 9.47 Å². The molecular weight excluding hydrogens is 513 g/mol. The first-order valence-electron chi connectivity index (χ1n) is 9.44. The fraction of sp³-hybridized carbons (Fsp3) is 0.579. The smallest absolute Gasteiger partial charge is 0.387 e. The number of nitrogens with zero attached hydrogens (tertiary/aromatic N) is 1. The molecule has 170 valence electrons. The highest BCUT2D eigenvalue weighted by molar-refractivity contribution is 14.0. The van der Waals surface area contributed by atoms with Crippen LogP contribution in [0.2, 0.25) is 0 Å². The minimum Gasteiger partial charge on any atom is -0.454 e. The number of fused-ring (bicyclic) bond motifs is 1. The highest BCUT2D eigenvalue weighted by Crippen LogP contribution is 2.39. The number of guanidine groups is 1. The van der Waals surface area contributed by atoms with E-state index >= 15 is 0 Å². The average molecular weight is 542 g/mol. The minimum atomic E-state index is -2.97. The summed E-state index contributed by atoms with van der Waals surface area (Å²) in [4.78, 5) is 16.6. The predicted molar refractivity (Wildman–Crippen MR) is 120 cm³/mol. The maximum absolute atomic E-state index is 12.8. The molecule has 1 aliphatic heterocycles. The zero-order valence-electron chi connectivity index (χ0n) is 17.5. The number of rotatable bonds is 9. The number of carbonyl (C=O) groups excluding carboxylic acids is 1. The summed E-state index contributed by atoms with van der Waals surface area (Å²) in [7, 11) is 0. The molecule has 1 aromatic rings. The number of carbonyl (C=O) groups is 1. The predicted octanol–water partition coefficient (Wildman–Crippen LogP) is 2.85. The lowest BCUT2D eigenvalue weighted by atomic mass is 9.92. The lowest BCUT2D eigenvalue weighted by Gasteiger charge is -2.25. The number of hydrogen-bond acceptors (Lipinski definition) is 5. The second-order valence-corrected chi connectivity index (χ2v) is 6.98. The van der Waals surface area contributed by atoms with Crippen molar-refractivity contribution in [3.05, 3.63) is 17.7 Å². The Kier molecular flexibility index (Phi) is 10.4. The number of hydrogen-bond donors (Lipinski definition) is 3. The lowest BCUT2D eigenvalue weighted by Crippen LogP contribution is -2.47. The molecule has 2 rings (SSSR count). The van der Waals surface area contributed by atoms with Gasteiger partial charge >= 0.3 is 6.61 Å². The summed E-state index contributed by atoms with van der Waals surface area (Å²) in [5.74, 6) is 1.15. The molecule has 8 nitrogen and oxygen atoms in total. The van der Waals surface area contributed by atoms with Gasteiger partial charge in [-0.2, -0.15) is 8.78 Å². The van der Waals surface area contributed by atoms with Gasteiger partial charge in [-0.1, -0.05) is 0 Å². The van der Waals surface area contributed by atoms with Gasteiger partial charge in [0.15, 0.2) is 17.5 Å². The molecule has 30 heavy (non-hydrogen) atoms. The van der Waals surface area contributed by atoms with Crippen LogP contribution in [0.1, 0.15) is 33.3 Å². The largest absolute Gasteiger partial charge is 0.454 e. The summed E-state index contributed by atoms with van der Waals surface area (Å²) in [6.45, 7) is 6.00. The Labute approximate surface area is 192 Å². The van der Waals surface area contributed by atoms with Crippen LogP contribution >= 0.6 is 24.0 Å². The van der Waals surface area contributed by atoms with Gasteiger partial charge in [0.1, 0.15) is 5.75 Å². The molecule has 1 amide bonds. The number of halogens is 3. The summed E-state index contributed by atoms with van der Waals surface area (Å²) >= 11 is 0. The zero-order valence-corrected chi connectivity index (χ0v) is 19.8. The molecule has 0 aliphatic carbocycles. The molecule has 0 unspecified atom stereocenters. The number of benzene rings is 1. The van der Waals surface area contributed by atoms with E-state index in [0.717, 1.165) is 0 Å². The first-order chi connectivity index (χ1) is 13.8. The van der Waals surface area contributed by atoms with Crippen molar-refractivity contribution < 1.29 is 27.8 Å². The SMILES string of the molecule is CCNC(=O)C(C)(C)CNC(=NCc1cc2c(cc1OC(F)F)OCO2)NCC.I. The molecule has 0 atom stereocenters. The molecule has 1 heterocycles. The number of alkyl halides is 2. The number of amides is 1. The van der Waals surface area contributed by atoms with E-state index in [1.54, 1.807) is 6.07 Å². The van der Waals surface area contributed by atoms with Crippen molar-refractivity contribution in [1.29, 1.82) is 0 Å². The number of aliphatic imine (C=N–C) groups is 1. The Hall–Kier alpha value is -2.05. The molecule has 0 bridgehead atoms. The van der Waals surface area contributed by atoms with Gasteiger partial charge in [-0.15, -0.1) is 24.0 Å². The van der Waals surface area contributed by atoms with Crippen LogP contribution in [0.4, 0.5) is 8.78 Å². The highest BCUT2D eigenvalue weighted by Gasteiger charge is 2.27. The van der Waals surface area contributed by atoms with Crippen molar-refractivity contribution >= 4 is 35.8 Å². The van der Waals surface area contributed by atoms with Crippen molar-refractivity contribution in [3.63, 3.8) is 0 Å². The Morgan fingerprint density at radius 1 is 1.17 bits per heavy atom. The fourth-order valence-corrected chi connectivity index (χ4v) is 2.59. The normalized spacial score (nSPS) is 13.0. The molecule has 11 heteroatoms. The van der Waals surface area contributed by atoms with E-state index in [1.807, 2.05) is 27.7 Å². The van der Waals surface area contributed by atoms with E-state index < -0.39 is 12.0 Å². The molecule has 0 saturated carbocycles. The van der Waals surface area contributed by atoms with Crippen LogP contribution in [0.15, 0.2) is 17.1 Å². The van der Waals surface area contributed by atoms with E-state index in [9.17, 15) is 13.6 Å². The molecule has 3 N–H and O–H groups in total. The van der Waals surface area contributed by atoms with Crippen LogP contribution in [0.5, 0.6) is 17.2 Å². The lowest BCUT2D eigenvalue weighted by molar-refractivity contribution is -0.128. The number of nitrogens with one attached hydrogen (secondary N) is 3. The van der Waals surface area contributed by atoms with E-state index in [2.05, 4.69) is 25.7 Å². The van der Waals surface area contributed by atoms with E-state index in [0.29, 0.717) is 42.7 Å². The Morgan fingerprint density at radius 3 is 2.40 bits per heavy atom. The van der Waals surface area contributed by atoms with E-state index in [1.165, 1.54) is 6.07 Å². The first kappa shape index (κ1) is 26.0. The molecular formula is C19H29F2IN4O4. The van der Waals surface area contributed by atoms with Crippen molar-refractivity contribution in [2.24, 2.45) is 10.4 Å². The van der Waals surface area contributed by atoms with Crippen molar-refractivity contribution in [2.75, 3.05) is 26.4 Å². The standard InChI is InChI=1S/C19H28F2N4O4.HI/c1-5-22-16(26)19(3,4)10-25-18(23-6-2)24-9-12-7-14-15(28-11-27-14)8-13(12)29-17(20)21;/h7-8,17H,5-6,9-11H2,1-4H3,(H,22,26)(H2,23,24,25);1H. The fourth-order valence-electron chi connectivity index (χ4n) is 2.59. The molecule has 1 aromatic carbocycles. The summed E-state index contributed by atoms with van der Waals surface area (Å²) in [6.07, 6.45) is 0. The summed E-state index contributed by atoms with van der Waals surface area (Å²) in [5, 5.41) is 8.98. The molecule has 1 aliphatic rings. The average Bonchev–Trinajstić information content (AvgIpc) is 3.10. The van der Waals surface area contributed by atoms with Crippen LogP contribution < -0.4 is 30.2 Å². The second kappa shape index (κ2) is 12.0. The number of ether oxygens (including phenoxy) is 3. The molecule has 0 saturated heterocycles. The van der Waals surface area contributed by atoms with Gasteiger partial charge in [0.2, 0.25) is 12.7 Å². The molecule has 0 aromatic heterocycles. The van der Waals surface area contributed by atoms with Crippen LogP contribution in [0.25, 0.3) is 0 Å². The second-order valence-electron chi connectivity index (χ2n) is 6.98. The summed E-state index contributed by atoms with van der Waals surface area (Å²) in [6, 6.07) is 2.95. The minimum absolute atomic E-state index is 0. The van der Waals surface area contributed by atoms with Gasteiger partial charge in [0.05, 0.1) is 12.0 Å². The third-order valence-electron chi connectivity index (χ3n) is 4.17. The van der Waals surface area contributed by atoms with Crippen molar-refractivity contribution in [1.82, 2.24) is 16.0 Å². The molecule has 0 fully saturated rings. The van der Waals surface area contributed by atoms with Crippen molar-refractivity contribution in [3.8, 4) is 17.2 Å².